The number of carbonyl (C=O) groups is 1. The molecule has 3 aromatic carbocycles. The summed E-state index contributed by atoms with van der Waals surface area (Å²) in [7, 11) is 0. The Bertz CT molecular complexity index is 1410. The SMILES string of the molecule is N#CCCn1cc(/C=C(\C#N)C(=O)Nc2ccccc2Oc2ccccc2)c2ccccc21. The summed E-state index contributed by atoms with van der Waals surface area (Å²) in [4.78, 5) is 13.0. The van der Waals surface area contributed by atoms with E-state index in [1.54, 1.807) is 24.3 Å². The molecule has 0 fully saturated rings. The second-order valence-electron chi connectivity index (χ2n) is 7.24. The van der Waals surface area contributed by atoms with Crippen LogP contribution in [0, 0.1) is 22.7 Å². The van der Waals surface area contributed by atoms with Gasteiger partial charge in [0.25, 0.3) is 5.91 Å². The normalized spacial score (nSPS) is 10.9. The first-order valence-corrected chi connectivity index (χ1v) is 10.4. The number of hydrogen-bond acceptors (Lipinski definition) is 4. The van der Waals surface area contributed by atoms with Crippen LogP contribution in [0.3, 0.4) is 0 Å². The van der Waals surface area contributed by atoms with E-state index in [0.717, 1.165) is 16.5 Å². The van der Waals surface area contributed by atoms with Gasteiger partial charge in [-0.05, 0) is 36.4 Å². The molecule has 0 radical (unpaired) electrons. The smallest absolute Gasteiger partial charge is 0.266 e. The zero-order chi connectivity index (χ0) is 23.0. The van der Waals surface area contributed by atoms with Gasteiger partial charge in [-0.1, -0.05) is 48.5 Å². The van der Waals surface area contributed by atoms with Gasteiger partial charge in [-0.15, -0.1) is 0 Å². The fourth-order valence-corrected chi connectivity index (χ4v) is 3.51. The van der Waals surface area contributed by atoms with E-state index < -0.39 is 5.91 Å². The van der Waals surface area contributed by atoms with Crippen molar-refractivity contribution in [2.75, 3.05) is 5.32 Å². The van der Waals surface area contributed by atoms with E-state index in [0.29, 0.717) is 30.2 Å². The van der Waals surface area contributed by atoms with Crippen molar-refractivity contribution < 1.29 is 9.53 Å². The number of para-hydroxylation sites is 4. The van der Waals surface area contributed by atoms with E-state index in [1.165, 1.54) is 0 Å². The molecule has 0 unspecified atom stereocenters. The highest BCUT2D eigenvalue weighted by Gasteiger charge is 2.15. The molecule has 0 spiro atoms. The number of carbonyl (C=O) groups excluding carboxylic acids is 1. The Labute approximate surface area is 191 Å². The monoisotopic (exact) mass is 432 g/mol. The van der Waals surface area contributed by atoms with Crippen LogP contribution in [-0.2, 0) is 11.3 Å². The van der Waals surface area contributed by atoms with E-state index in [4.69, 9.17) is 10.00 Å². The summed E-state index contributed by atoms with van der Waals surface area (Å²) in [5.74, 6) is 0.582. The van der Waals surface area contributed by atoms with Crippen molar-refractivity contribution in [3.05, 3.63) is 96.2 Å². The van der Waals surface area contributed by atoms with Gasteiger partial charge < -0.3 is 14.6 Å². The van der Waals surface area contributed by atoms with Crippen molar-refractivity contribution >= 4 is 28.6 Å². The lowest BCUT2D eigenvalue weighted by molar-refractivity contribution is -0.112. The first-order valence-electron chi connectivity index (χ1n) is 10.4. The van der Waals surface area contributed by atoms with Crippen molar-refractivity contribution in [2.45, 2.75) is 13.0 Å². The number of ether oxygens (including phenoxy) is 1. The summed E-state index contributed by atoms with van der Waals surface area (Å²) in [6, 6.07) is 28.2. The Morgan fingerprint density at radius 1 is 0.970 bits per heavy atom. The average Bonchev–Trinajstić information content (AvgIpc) is 3.20. The van der Waals surface area contributed by atoms with Gasteiger partial charge in [0.1, 0.15) is 17.4 Å². The third-order valence-corrected chi connectivity index (χ3v) is 5.06. The Morgan fingerprint density at radius 2 is 1.70 bits per heavy atom. The molecule has 0 saturated carbocycles. The van der Waals surface area contributed by atoms with E-state index in [1.807, 2.05) is 77.5 Å². The zero-order valence-electron chi connectivity index (χ0n) is 17.7. The number of fused-ring (bicyclic) bond motifs is 1. The molecule has 33 heavy (non-hydrogen) atoms. The number of amides is 1. The fraction of sp³-hybridized carbons (Fsp3) is 0.0741. The number of benzene rings is 3. The number of anilines is 1. The number of aromatic nitrogens is 1. The summed E-state index contributed by atoms with van der Waals surface area (Å²) >= 11 is 0. The topological polar surface area (TPSA) is 90.8 Å². The maximum atomic E-state index is 13.0. The van der Waals surface area contributed by atoms with Crippen LogP contribution in [0.25, 0.3) is 17.0 Å². The third-order valence-electron chi connectivity index (χ3n) is 5.06. The number of nitriles is 2. The first kappa shape index (κ1) is 21.4. The van der Waals surface area contributed by atoms with Crippen molar-refractivity contribution in [2.24, 2.45) is 0 Å². The molecule has 4 aromatic rings. The molecule has 0 aliphatic heterocycles. The highest BCUT2D eigenvalue weighted by atomic mass is 16.5. The molecule has 0 bridgehead atoms. The molecule has 6 heteroatoms. The maximum absolute atomic E-state index is 13.0. The Hall–Kier alpha value is -4.81. The van der Waals surface area contributed by atoms with Gasteiger partial charge in [0.15, 0.2) is 5.75 Å². The van der Waals surface area contributed by atoms with E-state index >= 15 is 0 Å². The molecule has 0 saturated heterocycles. The van der Waals surface area contributed by atoms with Crippen LogP contribution in [0.15, 0.2) is 90.6 Å². The number of rotatable bonds is 7. The molecule has 0 atom stereocenters. The lowest BCUT2D eigenvalue weighted by Gasteiger charge is -2.12. The second-order valence-corrected chi connectivity index (χ2v) is 7.24. The highest BCUT2D eigenvalue weighted by molar-refractivity contribution is 6.11. The number of nitrogens with zero attached hydrogens (tertiary/aromatic N) is 3. The molecule has 1 amide bonds. The minimum Gasteiger partial charge on any atom is -0.455 e. The van der Waals surface area contributed by atoms with Gasteiger partial charge in [-0.25, -0.2) is 0 Å². The van der Waals surface area contributed by atoms with Crippen LogP contribution < -0.4 is 10.1 Å². The number of nitrogens with one attached hydrogen (secondary N) is 1. The summed E-state index contributed by atoms with van der Waals surface area (Å²) in [6.07, 6.45) is 3.80. The van der Waals surface area contributed by atoms with Gasteiger partial charge in [0, 0.05) is 29.2 Å². The summed E-state index contributed by atoms with van der Waals surface area (Å²) in [5, 5.41) is 22.3. The van der Waals surface area contributed by atoms with Gasteiger partial charge >= 0.3 is 0 Å². The third kappa shape index (κ3) is 4.92. The summed E-state index contributed by atoms with van der Waals surface area (Å²) in [6.45, 7) is 0.531. The zero-order valence-corrected chi connectivity index (χ0v) is 17.7. The predicted molar refractivity (Wildman–Crippen MR) is 127 cm³/mol. The maximum Gasteiger partial charge on any atom is 0.266 e. The molecular weight excluding hydrogens is 412 g/mol. The summed E-state index contributed by atoms with van der Waals surface area (Å²) < 4.78 is 7.85. The summed E-state index contributed by atoms with van der Waals surface area (Å²) in [5.41, 5.74) is 2.11. The minimum absolute atomic E-state index is 0.0345. The van der Waals surface area contributed by atoms with Gasteiger partial charge in [0.2, 0.25) is 0 Å². The van der Waals surface area contributed by atoms with Crippen molar-refractivity contribution in [3.63, 3.8) is 0 Å². The van der Waals surface area contributed by atoms with Crippen LogP contribution in [0.5, 0.6) is 11.5 Å². The lowest BCUT2D eigenvalue weighted by atomic mass is 10.1. The molecule has 6 nitrogen and oxygen atoms in total. The lowest BCUT2D eigenvalue weighted by Crippen LogP contribution is -2.14. The minimum atomic E-state index is -0.532. The van der Waals surface area contributed by atoms with Crippen molar-refractivity contribution in [3.8, 4) is 23.6 Å². The predicted octanol–water partition coefficient (Wildman–Crippen LogP) is 5.89. The molecular formula is C27H20N4O2. The highest BCUT2D eigenvalue weighted by Crippen LogP contribution is 2.30. The largest absolute Gasteiger partial charge is 0.455 e. The fourth-order valence-electron chi connectivity index (χ4n) is 3.51. The molecule has 0 aliphatic carbocycles. The van der Waals surface area contributed by atoms with Gasteiger partial charge in [0.05, 0.1) is 18.2 Å². The van der Waals surface area contributed by atoms with Crippen molar-refractivity contribution in [1.82, 2.24) is 4.57 Å². The van der Waals surface area contributed by atoms with Crippen LogP contribution in [0.4, 0.5) is 5.69 Å². The Morgan fingerprint density at radius 3 is 2.48 bits per heavy atom. The first-order chi connectivity index (χ1) is 16.2. The Balaban J connectivity index is 1.62. The molecule has 1 heterocycles. The second kappa shape index (κ2) is 10.00. The molecule has 1 N–H and O–H groups in total. The van der Waals surface area contributed by atoms with Gasteiger partial charge in [-0.3, -0.25) is 4.79 Å². The van der Waals surface area contributed by atoms with Crippen LogP contribution in [0.2, 0.25) is 0 Å². The number of aryl methyl sites for hydroxylation is 1. The van der Waals surface area contributed by atoms with Crippen LogP contribution in [-0.4, -0.2) is 10.5 Å². The molecule has 160 valence electrons. The van der Waals surface area contributed by atoms with Crippen LogP contribution >= 0.6 is 0 Å². The standard InChI is InChI=1S/C27H20N4O2/c28-15-8-16-31-19-21(23-11-4-6-13-25(23)31)17-20(18-29)27(32)30-24-12-5-7-14-26(24)33-22-9-2-1-3-10-22/h1-7,9-14,17,19H,8,16H2,(H,30,32)/b20-17+. The Kier molecular flexibility index (Phi) is 6.49. The average molecular weight is 432 g/mol. The quantitative estimate of drug-likeness (QED) is 0.291. The molecule has 4 rings (SSSR count). The van der Waals surface area contributed by atoms with Gasteiger partial charge in [-0.2, -0.15) is 10.5 Å². The van der Waals surface area contributed by atoms with E-state index in [9.17, 15) is 10.1 Å². The number of hydrogen-bond donors (Lipinski definition) is 1. The van der Waals surface area contributed by atoms with Crippen molar-refractivity contribution in [1.29, 1.82) is 10.5 Å². The van der Waals surface area contributed by atoms with E-state index in [-0.39, 0.29) is 5.57 Å². The molecule has 1 aromatic heterocycles. The molecule has 0 aliphatic rings. The van der Waals surface area contributed by atoms with Crippen LogP contribution in [0.1, 0.15) is 12.0 Å². The van der Waals surface area contributed by atoms with E-state index in [2.05, 4.69) is 11.4 Å².